The smallest absolute Gasteiger partial charge is 0.0871 e. The van der Waals surface area contributed by atoms with Crippen LogP contribution in [-0.2, 0) is 10.3 Å². The van der Waals surface area contributed by atoms with Crippen molar-refractivity contribution in [1.82, 2.24) is 0 Å². The van der Waals surface area contributed by atoms with Crippen LogP contribution < -0.4 is 5.73 Å². The summed E-state index contributed by atoms with van der Waals surface area (Å²) in [5.41, 5.74) is 7.91. The predicted molar refractivity (Wildman–Crippen MR) is 68.6 cm³/mol. The molecule has 0 aliphatic rings. The van der Waals surface area contributed by atoms with Gasteiger partial charge in [-0.1, -0.05) is 31.2 Å². The molecule has 0 saturated carbocycles. The molecule has 1 aromatic rings. The standard InChI is InChI=1S/C14H23NO/c1-11(9-10-15)12-5-7-13(8-6-12)14(2,3)16-4/h5-8,11H,9-10,15H2,1-4H3. The van der Waals surface area contributed by atoms with Gasteiger partial charge in [-0.05, 0) is 43.9 Å². The monoisotopic (exact) mass is 221 g/mol. The fourth-order valence-electron chi connectivity index (χ4n) is 1.75. The highest BCUT2D eigenvalue weighted by Crippen LogP contribution is 2.26. The maximum absolute atomic E-state index is 5.57. The molecule has 0 aliphatic heterocycles. The SMILES string of the molecule is COC(C)(C)c1ccc(C(C)CCN)cc1. The van der Waals surface area contributed by atoms with E-state index in [2.05, 4.69) is 45.0 Å². The van der Waals surface area contributed by atoms with Crippen LogP contribution in [0.5, 0.6) is 0 Å². The molecule has 0 aromatic heterocycles. The lowest BCUT2D eigenvalue weighted by molar-refractivity contribution is 0.0192. The Balaban J connectivity index is 2.83. The molecule has 1 atom stereocenters. The normalized spacial score (nSPS) is 13.8. The van der Waals surface area contributed by atoms with Gasteiger partial charge in [0, 0.05) is 7.11 Å². The summed E-state index contributed by atoms with van der Waals surface area (Å²) in [5.74, 6) is 0.532. The van der Waals surface area contributed by atoms with Crippen LogP contribution in [0.2, 0.25) is 0 Å². The van der Waals surface area contributed by atoms with E-state index in [-0.39, 0.29) is 5.60 Å². The Labute approximate surface area is 98.8 Å². The van der Waals surface area contributed by atoms with Gasteiger partial charge in [0.25, 0.3) is 0 Å². The first-order valence-corrected chi connectivity index (χ1v) is 5.87. The third-order valence-electron chi connectivity index (χ3n) is 3.28. The molecule has 0 bridgehead atoms. The fraction of sp³-hybridized carbons (Fsp3) is 0.571. The van der Waals surface area contributed by atoms with Crippen LogP contribution in [-0.4, -0.2) is 13.7 Å². The van der Waals surface area contributed by atoms with Gasteiger partial charge in [-0.25, -0.2) is 0 Å². The molecule has 90 valence electrons. The first kappa shape index (κ1) is 13.2. The Morgan fingerprint density at radius 2 is 1.81 bits per heavy atom. The van der Waals surface area contributed by atoms with Gasteiger partial charge in [-0.3, -0.25) is 0 Å². The van der Waals surface area contributed by atoms with Crippen molar-refractivity contribution in [3.05, 3.63) is 35.4 Å². The zero-order valence-electron chi connectivity index (χ0n) is 10.8. The molecule has 0 amide bonds. The van der Waals surface area contributed by atoms with Crippen LogP contribution >= 0.6 is 0 Å². The van der Waals surface area contributed by atoms with Gasteiger partial charge in [0.05, 0.1) is 5.60 Å². The number of rotatable bonds is 5. The predicted octanol–water partition coefficient (Wildman–Crippen LogP) is 3.02. The number of ether oxygens (including phenoxy) is 1. The van der Waals surface area contributed by atoms with Gasteiger partial charge in [0.1, 0.15) is 0 Å². The Kier molecular flexibility index (Phi) is 4.51. The topological polar surface area (TPSA) is 35.2 Å². The Hall–Kier alpha value is -0.860. The van der Waals surface area contributed by atoms with Gasteiger partial charge < -0.3 is 10.5 Å². The average Bonchev–Trinajstić information content (AvgIpc) is 2.29. The van der Waals surface area contributed by atoms with Crippen molar-refractivity contribution < 1.29 is 4.74 Å². The third-order valence-corrected chi connectivity index (χ3v) is 3.28. The summed E-state index contributed by atoms with van der Waals surface area (Å²) >= 11 is 0. The Morgan fingerprint density at radius 1 is 1.25 bits per heavy atom. The largest absolute Gasteiger partial charge is 0.374 e. The summed E-state index contributed by atoms with van der Waals surface area (Å²) in [6, 6.07) is 8.64. The number of nitrogens with two attached hydrogens (primary N) is 1. The summed E-state index contributed by atoms with van der Waals surface area (Å²) in [6.45, 7) is 7.10. The van der Waals surface area contributed by atoms with Gasteiger partial charge in [-0.15, -0.1) is 0 Å². The van der Waals surface area contributed by atoms with E-state index in [1.54, 1.807) is 7.11 Å². The second-order valence-corrected chi connectivity index (χ2v) is 4.81. The summed E-state index contributed by atoms with van der Waals surface area (Å²) in [7, 11) is 1.74. The van der Waals surface area contributed by atoms with Crippen molar-refractivity contribution in [2.24, 2.45) is 5.73 Å². The highest BCUT2D eigenvalue weighted by Gasteiger charge is 2.19. The third kappa shape index (κ3) is 3.06. The molecule has 1 unspecified atom stereocenters. The van der Waals surface area contributed by atoms with Gasteiger partial charge in [0.15, 0.2) is 0 Å². The zero-order valence-corrected chi connectivity index (χ0v) is 10.8. The van der Waals surface area contributed by atoms with Crippen molar-refractivity contribution in [2.45, 2.75) is 38.7 Å². The van der Waals surface area contributed by atoms with E-state index in [1.165, 1.54) is 11.1 Å². The molecule has 2 nitrogen and oxygen atoms in total. The number of benzene rings is 1. The van der Waals surface area contributed by atoms with Crippen LogP contribution in [0.15, 0.2) is 24.3 Å². The molecular formula is C14H23NO. The van der Waals surface area contributed by atoms with Crippen LogP contribution in [0.3, 0.4) is 0 Å². The Bertz CT molecular complexity index is 316. The molecule has 2 N–H and O–H groups in total. The summed E-state index contributed by atoms with van der Waals surface area (Å²) in [5, 5.41) is 0. The lowest BCUT2D eigenvalue weighted by atomic mass is 9.92. The second kappa shape index (κ2) is 5.46. The van der Waals surface area contributed by atoms with Crippen molar-refractivity contribution in [3.8, 4) is 0 Å². The van der Waals surface area contributed by atoms with Gasteiger partial charge in [-0.2, -0.15) is 0 Å². The first-order valence-electron chi connectivity index (χ1n) is 5.87. The number of methoxy groups -OCH3 is 1. The molecule has 0 saturated heterocycles. The molecule has 1 rings (SSSR count). The molecule has 1 aromatic carbocycles. The maximum atomic E-state index is 5.57. The van der Waals surface area contributed by atoms with Crippen LogP contribution in [0, 0.1) is 0 Å². The lowest BCUT2D eigenvalue weighted by Crippen LogP contribution is -2.19. The fourth-order valence-corrected chi connectivity index (χ4v) is 1.75. The quantitative estimate of drug-likeness (QED) is 0.829. The van der Waals surface area contributed by atoms with Crippen LogP contribution in [0.25, 0.3) is 0 Å². The highest BCUT2D eigenvalue weighted by atomic mass is 16.5. The molecule has 0 fully saturated rings. The van der Waals surface area contributed by atoms with Crippen molar-refractivity contribution in [1.29, 1.82) is 0 Å². The van der Waals surface area contributed by atoms with Gasteiger partial charge in [0.2, 0.25) is 0 Å². The first-order chi connectivity index (χ1) is 7.51. The van der Waals surface area contributed by atoms with Crippen LogP contribution in [0.4, 0.5) is 0 Å². The van der Waals surface area contributed by atoms with Crippen molar-refractivity contribution >= 4 is 0 Å². The van der Waals surface area contributed by atoms with Gasteiger partial charge >= 0.3 is 0 Å². The van der Waals surface area contributed by atoms with Crippen LogP contribution in [0.1, 0.15) is 44.2 Å². The summed E-state index contributed by atoms with van der Waals surface area (Å²) in [4.78, 5) is 0. The molecule has 0 spiro atoms. The van der Waals surface area contributed by atoms with E-state index >= 15 is 0 Å². The van der Waals surface area contributed by atoms with E-state index in [9.17, 15) is 0 Å². The molecule has 2 heteroatoms. The highest BCUT2D eigenvalue weighted by molar-refractivity contribution is 5.28. The zero-order chi connectivity index (χ0) is 12.2. The maximum Gasteiger partial charge on any atom is 0.0871 e. The molecule has 16 heavy (non-hydrogen) atoms. The average molecular weight is 221 g/mol. The van der Waals surface area contributed by atoms with Crippen molar-refractivity contribution in [2.75, 3.05) is 13.7 Å². The summed E-state index contributed by atoms with van der Waals surface area (Å²) < 4.78 is 5.45. The Morgan fingerprint density at radius 3 is 2.25 bits per heavy atom. The number of hydrogen-bond donors (Lipinski definition) is 1. The van der Waals surface area contributed by atoms with E-state index < -0.39 is 0 Å². The van der Waals surface area contributed by atoms with E-state index in [4.69, 9.17) is 10.5 Å². The lowest BCUT2D eigenvalue weighted by Gasteiger charge is -2.24. The minimum absolute atomic E-state index is 0.213. The van der Waals surface area contributed by atoms with E-state index in [1.807, 2.05) is 0 Å². The minimum atomic E-state index is -0.213. The van der Waals surface area contributed by atoms with E-state index in [0.717, 1.165) is 13.0 Å². The summed E-state index contributed by atoms with van der Waals surface area (Å²) in [6.07, 6.45) is 1.03. The molecular weight excluding hydrogens is 198 g/mol. The molecule has 0 radical (unpaired) electrons. The second-order valence-electron chi connectivity index (χ2n) is 4.81. The number of hydrogen-bond acceptors (Lipinski definition) is 2. The molecule has 0 heterocycles. The molecule has 0 aliphatic carbocycles. The minimum Gasteiger partial charge on any atom is -0.374 e. The van der Waals surface area contributed by atoms with E-state index in [0.29, 0.717) is 5.92 Å². The van der Waals surface area contributed by atoms with Crippen molar-refractivity contribution in [3.63, 3.8) is 0 Å².